The van der Waals surface area contributed by atoms with E-state index in [2.05, 4.69) is 25.2 Å². The van der Waals surface area contributed by atoms with E-state index in [-0.39, 0.29) is 6.10 Å². The van der Waals surface area contributed by atoms with Crippen LogP contribution in [0, 0.1) is 0 Å². The van der Waals surface area contributed by atoms with E-state index in [0.29, 0.717) is 6.04 Å². The van der Waals surface area contributed by atoms with Crippen molar-refractivity contribution in [1.29, 1.82) is 0 Å². The Morgan fingerprint density at radius 2 is 1.94 bits per heavy atom. The van der Waals surface area contributed by atoms with Gasteiger partial charge in [-0.15, -0.1) is 0 Å². The topological polar surface area (TPSA) is 30.5 Å². The molecule has 0 aliphatic heterocycles. The summed E-state index contributed by atoms with van der Waals surface area (Å²) in [5, 5.41) is 3.51. The maximum atomic E-state index is 5.39. The smallest absolute Gasteiger partial charge is 0.123 e. The first kappa shape index (κ1) is 14.0. The number of para-hydroxylation sites is 1. The maximum Gasteiger partial charge on any atom is 0.123 e. The molecule has 17 heavy (non-hydrogen) atoms. The molecule has 0 aliphatic carbocycles. The summed E-state index contributed by atoms with van der Waals surface area (Å²) in [5.74, 6) is 0.942. The van der Waals surface area contributed by atoms with Crippen molar-refractivity contribution in [1.82, 2.24) is 5.32 Å². The molecule has 96 valence electrons. The second-order valence-electron chi connectivity index (χ2n) is 4.16. The standard InChI is InChI=1S/C14H23NO2/c1-5-13(15-10-11(2)16-3)12-8-6-7-9-14(12)17-4/h6-9,11,13,15H,5,10H2,1-4H3. The predicted octanol–water partition coefficient (Wildman–Crippen LogP) is 2.77. The molecule has 2 atom stereocenters. The van der Waals surface area contributed by atoms with Crippen LogP contribution in [0.5, 0.6) is 5.75 Å². The van der Waals surface area contributed by atoms with E-state index in [1.807, 2.05) is 18.2 Å². The zero-order valence-corrected chi connectivity index (χ0v) is 11.2. The monoisotopic (exact) mass is 237 g/mol. The van der Waals surface area contributed by atoms with Gasteiger partial charge in [0.2, 0.25) is 0 Å². The Hall–Kier alpha value is -1.06. The van der Waals surface area contributed by atoms with E-state index in [4.69, 9.17) is 9.47 Å². The van der Waals surface area contributed by atoms with Gasteiger partial charge in [0.25, 0.3) is 0 Å². The minimum atomic E-state index is 0.221. The summed E-state index contributed by atoms with van der Waals surface area (Å²) in [5.41, 5.74) is 1.21. The lowest BCUT2D eigenvalue weighted by Gasteiger charge is -2.21. The number of nitrogens with one attached hydrogen (secondary N) is 1. The van der Waals surface area contributed by atoms with Crippen molar-refractivity contribution >= 4 is 0 Å². The lowest BCUT2D eigenvalue weighted by atomic mass is 10.0. The number of rotatable bonds is 7. The molecule has 3 nitrogen and oxygen atoms in total. The van der Waals surface area contributed by atoms with Crippen molar-refractivity contribution in [2.45, 2.75) is 32.4 Å². The van der Waals surface area contributed by atoms with Gasteiger partial charge in [-0.25, -0.2) is 0 Å². The highest BCUT2D eigenvalue weighted by molar-refractivity contribution is 5.35. The van der Waals surface area contributed by atoms with Gasteiger partial charge in [0.15, 0.2) is 0 Å². The Kier molecular flexibility index (Phi) is 6.01. The largest absolute Gasteiger partial charge is 0.496 e. The van der Waals surface area contributed by atoms with Gasteiger partial charge < -0.3 is 14.8 Å². The highest BCUT2D eigenvalue weighted by atomic mass is 16.5. The van der Waals surface area contributed by atoms with Crippen molar-refractivity contribution in [2.75, 3.05) is 20.8 Å². The Bertz CT molecular complexity index is 328. The van der Waals surface area contributed by atoms with Crippen LogP contribution in [-0.4, -0.2) is 26.9 Å². The second-order valence-corrected chi connectivity index (χ2v) is 4.16. The summed E-state index contributed by atoms with van der Waals surface area (Å²) in [6.07, 6.45) is 1.25. The van der Waals surface area contributed by atoms with E-state index in [9.17, 15) is 0 Å². The number of methoxy groups -OCH3 is 2. The molecular formula is C14H23NO2. The first-order valence-corrected chi connectivity index (χ1v) is 6.12. The molecule has 0 radical (unpaired) electrons. The minimum absolute atomic E-state index is 0.221. The van der Waals surface area contributed by atoms with Crippen molar-refractivity contribution in [3.63, 3.8) is 0 Å². The van der Waals surface area contributed by atoms with Gasteiger partial charge in [-0.05, 0) is 19.4 Å². The lowest BCUT2D eigenvalue weighted by molar-refractivity contribution is 0.114. The Labute approximate surface area is 104 Å². The summed E-state index contributed by atoms with van der Waals surface area (Å²) in [4.78, 5) is 0. The average molecular weight is 237 g/mol. The molecule has 3 heteroatoms. The second kappa shape index (κ2) is 7.30. The fourth-order valence-electron chi connectivity index (χ4n) is 1.82. The van der Waals surface area contributed by atoms with E-state index in [1.54, 1.807) is 14.2 Å². The van der Waals surface area contributed by atoms with Crippen molar-refractivity contribution < 1.29 is 9.47 Å². The van der Waals surface area contributed by atoms with Gasteiger partial charge in [-0.3, -0.25) is 0 Å². The van der Waals surface area contributed by atoms with Crippen LogP contribution in [-0.2, 0) is 4.74 Å². The summed E-state index contributed by atoms with van der Waals surface area (Å²) >= 11 is 0. The van der Waals surface area contributed by atoms with E-state index in [0.717, 1.165) is 18.7 Å². The van der Waals surface area contributed by atoms with Gasteiger partial charge in [-0.2, -0.15) is 0 Å². The molecule has 0 aliphatic rings. The first-order valence-electron chi connectivity index (χ1n) is 6.12. The molecule has 0 saturated carbocycles. The molecule has 0 aromatic heterocycles. The molecule has 2 unspecified atom stereocenters. The molecule has 1 aromatic rings. The zero-order chi connectivity index (χ0) is 12.7. The molecule has 1 aromatic carbocycles. The molecular weight excluding hydrogens is 214 g/mol. The highest BCUT2D eigenvalue weighted by Gasteiger charge is 2.14. The fraction of sp³-hybridized carbons (Fsp3) is 0.571. The molecule has 1 rings (SSSR count). The van der Waals surface area contributed by atoms with Crippen molar-refractivity contribution in [3.05, 3.63) is 29.8 Å². The Morgan fingerprint density at radius 3 is 2.53 bits per heavy atom. The van der Waals surface area contributed by atoms with Crippen molar-refractivity contribution in [3.8, 4) is 5.75 Å². The van der Waals surface area contributed by atoms with Gasteiger partial charge in [-0.1, -0.05) is 25.1 Å². The Morgan fingerprint density at radius 1 is 1.24 bits per heavy atom. The number of hydrogen-bond donors (Lipinski definition) is 1. The molecule has 0 saturated heterocycles. The quantitative estimate of drug-likeness (QED) is 0.791. The van der Waals surface area contributed by atoms with Crippen LogP contribution in [0.25, 0.3) is 0 Å². The highest BCUT2D eigenvalue weighted by Crippen LogP contribution is 2.26. The predicted molar refractivity (Wildman–Crippen MR) is 70.5 cm³/mol. The van der Waals surface area contributed by atoms with Crippen LogP contribution in [0.1, 0.15) is 31.9 Å². The van der Waals surface area contributed by atoms with E-state index < -0.39 is 0 Å². The third-order valence-electron chi connectivity index (χ3n) is 2.98. The van der Waals surface area contributed by atoms with Crippen LogP contribution in [0.15, 0.2) is 24.3 Å². The average Bonchev–Trinajstić information content (AvgIpc) is 2.39. The molecule has 0 fully saturated rings. The lowest BCUT2D eigenvalue weighted by Crippen LogP contribution is -2.29. The molecule has 1 N–H and O–H groups in total. The molecule has 0 bridgehead atoms. The minimum Gasteiger partial charge on any atom is -0.496 e. The third kappa shape index (κ3) is 4.02. The van der Waals surface area contributed by atoms with Crippen LogP contribution in [0.4, 0.5) is 0 Å². The summed E-state index contributed by atoms with van der Waals surface area (Å²) in [7, 11) is 3.44. The van der Waals surface area contributed by atoms with Gasteiger partial charge in [0.05, 0.1) is 13.2 Å². The zero-order valence-electron chi connectivity index (χ0n) is 11.2. The number of hydrogen-bond acceptors (Lipinski definition) is 3. The SMILES string of the molecule is CCC(NCC(C)OC)c1ccccc1OC. The van der Waals surface area contributed by atoms with E-state index in [1.165, 1.54) is 5.56 Å². The van der Waals surface area contributed by atoms with Gasteiger partial charge >= 0.3 is 0 Å². The summed E-state index contributed by atoms with van der Waals surface area (Å²) in [6.45, 7) is 5.07. The third-order valence-corrected chi connectivity index (χ3v) is 2.98. The first-order chi connectivity index (χ1) is 8.22. The van der Waals surface area contributed by atoms with Crippen LogP contribution >= 0.6 is 0 Å². The summed E-state index contributed by atoms with van der Waals surface area (Å²) < 4.78 is 10.6. The molecule has 0 spiro atoms. The summed E-state index contributed by atoms with van der Waals surface area (Å²) in [6, 6.07) is 8.45. The van der Waals surface area contributed by atoms with Crippen LogP contribution < -0.4 is 10.1 Å². The van der Waals surface area contributed by atoms with Gasteiger partial charge in [0, 0.05) is 25.3 Å². The Balaban J connectivity index is 2.72. The molecule has 0 heterocycles. The van der Waals surface area contributed by atoms with Gasteiger partial charge in [0.1, 0.15) is 5.75 Å². The fourth-order valence-corrected chi connectivity index (χ4v) is 1.82. The van der Waals surface area contributed by atoms with Crippen LogP contribution in [0.2, 0.25) is 0 Å². The van der Waals surface area contributed by atoms with Crippen molar-refractivity contribution in [2.24, 2.45) is 0 Å². The maximum absolute atomic E-state index is 5.39. The normalized spacial score (nSPS) is 14.4. The van der Waals surface area contributed by atoms with Crippen LogP contribution in [0.3, 0.4) is 0 Å². The number of benzene rings is 1. The number of ether oxygens (including phenoxy) is 2. The van der Waals surface area contributed by atoms with E-state index >= 15 is 0 Å². The molecule has 0 amide bonds.